The van der Waals surface area contributed by atoms with Crippen molar-refractivity contribution in [2.45, 2.75) is 32.5 Å². The molecule has 0 aliphatic carbocycles. The number of nitrogens with zero attached hydrogens (tertiary/aromatic N) is 2. The van der Waals surface area contributed by atoms with Gasteiger partial charge in [-0.15, -0.1) is 0 Å². The van der Waals surface area contributed by atoms with Crippen LogP contribution in [-0.4, -0.2) is 48.9 Å². The lowest BCUT2D eigenvalue weighted by Gasteiger charge is -2.20. The second-order valence-electron chi connectivity index (χ2n) is 4.29. The summed E-state index contributed by atoms with van der Waals surface area (Å²) in [5.41, 5.74) is 5.92. The van der Waals surface area contributed by atoms with Gasteiger partial charge in [0.15, 0.2) is 5.84 Å². The number of hydrogen-bond donors (Lipinski definition) is 4. The normalized spacial score (nSPS) is 20.8. The van der Waals surface area contributed by atoms with Crippen LogP contribution in [0.4, 0.5) is 0 Å². The molecule has 16 heavy (non-hydrogen) atoms. The molecule has 0 spiro atoms. The minimum atomic E-state index is -0.168. The highest BCUT2D eigenvalue weighted by atomic mass is 15.5. The summed E-state index contributed by atoms with van der Waals surface area (Å²) in [4.78, 5) is 0. The van der Waals surface area contributed by atoms with E-state index in [9.17, 15) is 0 Å². The molecule has 0 amide bonds. The van der Waals surface area contributed by atoms with E-state index in [4.69, 9.17) is 11.1 Å². The summed E-state index contributed by atoms with van der Waals surface area (Å²) < 4.78 is 0. The van der Waals surface area contributed by atoms with Crippen molar-refractivity contribution in [2.24, 2.45) is 10.8 Å². The van der Waals surface area contributed by atoms with Gasteiger partial charge in [0.25, 0.3) is 0 Å². The predicted molar refractivity (Wildman–Crippen MR) is 66.7 cm³/mol. The van der Waals surface area contributed by atoms with Crippen LogP contribution in [0.5, 0.6) is 0 Å². The van der Waals surface area contributed by atoms with E-state index in [0.717, 1.165) is 19.5 Å². The highest BCUT2D eigenvalue weighted by Crippen LogP contribution is 2.04. The van der Waals surface area contributed by atoms with Crippen molar-refractivity contribution < 1.29 is 0 Å². The van der Waals surface area contributed by atoms with Crippen molar-refractivity contribution in [2.75, 3.05) is 20.1 Å². The zero-order valence-electron chi connectivity index (χ0n) is 10.2. The van der Waals surface area contributed by atoms with Gasteiger partial charge in [0.2, 0.25) is 0 Å². The van der Waals surface area contributed by atoms with Crippen LogP contribution in [0.2, 0.25) is 0 Å². The summed E-state index contributed by atoms with van der Waals surface area (Å²) in [5, 5.41) is 20.0. The van der Waals surface area contributed by atoms with E-state index in [1.165, 1.54) is 0 Å². The van der Waals surface area contributed by atoms with Crippen LogP contribution in [-0.2, 0) is 0 Å². The Bertz CT molecular complexity index is 272. The fourth-order valence-electron chi connectivity index (χ4n) is 1.56. The first-order chi connectivity index (χ1) is 7.52. The van der Waals surface area contributed by atoms with Gasteiger partial charge in [0, 0.05) is 13.1 Å². The van der Waals surface area contributed by atoms with Gasteiger partial charge in [0.05, 0.1) is 0 Å². The Morgan fingerprint density at radius 3 is 2.69 bits per heavy atom. The van der Waals surface area contributed by atoms with Gasteiger partial charge in [-0.05, 0) is 19.5 Å². The second-order valence-corrected chi connectivity index (χ2v) is 4.29. The van der Waals surface area contributed by atoms with Gasteiger partial charge in [-0.1, -0.05) is 13.8 Å². The first-order valence-corrected chi connectivity index (χ1v) is 5.65. The van der Waals surface area contributed by atoms with Gasteiger partial charge in [-0.3, -0.25) is 15.7 Å². The molecule has 0 aromatic heterocycles. The van der Waals surface area contributed by atoms with Crippen molar-refractivity contribution >= 4 is 11.5 Å². The number of nitrogens with one attached hydrogen (secondary N) is 3. The molecule has 5 N–H and O–H groups in total. The molecule has 1 unspecified atom stereocenters. The minimum Gasteiger partial charge on any atom is -0.381 e. The molecule has 1 atom stereocenters. The summed E-state index contributed by atoms with van der Waals surface area (Å²) in [6.45, 7) is 6.08. The number of nitrogens with two attached hydrogens (primary N) is 1. The predicted octanol–water partition coefficient (Wildman–Crippen LogP) is -0.472. The van der Waals surface area contributed by atoms with Crippen molar-refractivity contribution in [3.63, 3.8) is 0 Å². The number of rotatable bonds is 6. The molecule has 1 rings (SSSR count). The van der Waals surface area contributed by atoms with Crippen molar-refractivity contribution in [1.29, 1.82) is 5.41 Å². The molecule has 0 bridgehead atoms. The van der Waals surface area contributed by atoms with Crippen LogP contribution in [0.15, 0.2) is 5.10 Å². The van der Waals surface area contributed by atoms with Gasteiger partial charge in [-0.2, -0.15) is 5.10 Å². The Morgan fingerprint density at radius 2 is 2.19 bits per heavy atom. The van der Waals surface area contributed by atoms with Gasteiger partial charge >= 0.3 is 0 Å². The molecule has 0 aromatic rings. The van der Waals surface area contributed by atoms with E-state index in [0.29, 0.717) is 17.6 Å². The van der Waals surface area contributed by atoms with E-state index in [1.54, 1.807) is 5.01 Å². The lowest BCUT2D eigenvalue weighted by molar-refractivity contribution is 0.284. The molecule has 0 fully saturated rings. The molecule has 6 nitrogen and oxygen atoms in total. The first-order valence-electron chi connectivity index (χ1n) is 5.65. The van der Waals surface area contributed by atoms with Crippen LogP contribution in [0.25, 0.3) is 0 Å². The third kappa shape index (κ3) is 3.46. The van der Waals surface area contributed by atoms with E-state index in [2.05, 4.69) is 29.6 Å². The van der Waals surface area contributed by atoms with E-state index in [-0.39, 0.29) is 6.17 Å². The summed E-state index contributed by atoms with van der Waals surface area (Å²) in [6.07, 6.45) is 0.856. The molecule has 1 aliphatic rings. The van der Waals surface area contributed by atoms with Crippen LogP contribution in [0.1, 0.15) is 20.3 Å². The first kappa shape index (κ1) is 12.9. The zero-order chi connectivity index (χ0) is 12.1. The Labute approximate surface area is 96.8 Å². The van der Waals surface area contributed by atoms with E-state index >= 15 is 0 Å². The minimum absolute atomic E-state index is 0.168. The SMILES string of the molecule is CC(C)NCCCNC1C(=N)C(N)=NN1C. The molecular weight excluding hydrogens is 204 g/mol. The average Bonchev–Trinajstić information content (AvgIpc) is 2.43. The van der Waals surface area contributed by atoms with Gasteiger partial charge < -0.3 is 11.1 Å². The number of hydrazone groups is 1. The third-order valence-corrected chi connectivity index (χ3v) is 2.43. The molecule has 1 heterocycles. The van der Waals surface area contributed by atoms with Crippen molar-refractivity contribution in [1.82, 2.24) is 15.6 Å². The molecule has 6 heteroatoms. The molecular formula is C10H22N6. The summed E-state index contributed by atoms with van der Waals surface area (Å²) in [5.74, 6) is 0.306. The van der Waals surface area contributed by atoms with Crippen LogP contribution in [0.3, 0.4) is 0 Å². The molecule has 0 saturated heterocycles. The quantitative estimate of drug-likeness (QED) is 0.461. The van der Waals surface area contributed by atoms with Crippen molar-refractivity contribution in [3.05, 3.63) is 0 Å². The number of amidine groups is 1. The fraction of sp³-hybridized carbons (Fsp3) is 0.800. The highest BCUT2D eigenvalue weighted by molar-refractivity contribution is 6.42. The monoisotopic (exact) mass is 226 g/mol. The number of hydrogen-bond acceptors (Lipinski definition) is 6. The van der Waals surface area contributed by atoms with Crippen LogP contribution in [0, 0.1) is 5.41 Å². The standard InChI is InChI=1S/C10H22N6/c1-7(2)13-5-4-6-14-10-8(11)9(12)15-16(10)3/h7,10-11,13-14H,4-6H2,1-3H3,(H2,12,15). The Morgan fingerprint density at radius 1 is 1.50 bits per heavy atom. The largest absolute Gasteiger partial charge is 0.381 e. The van der Waals surface area contributed by atoms with Gasteiger partial charge in [-0.25, -0.2) is 0 Å². The molecule has 92 valence electrons. The average molecular weight is 226 g/mol. The summed E-state index contributed by atoms with van der Waals surface area (Å²) in [6, 6.07) is 0.520. The molecule has 0 radical (unpaired) electrons. The zero-order valence-corrected chi connectivity index (χ0v) is 10.2. The third-order valence-electron chi connectivity index (χ3n) is 2.43. The maximum Gasteiger partial charge on any atom is 0.168 e. The van der Waals surface area contributed by atoms with E-state index in [1.807, 2.05) is 7.05 Å². The van der Waals surface area contributed by atoms with Crippen molar-refractivity contribution in [3.8, 4) is 0 Å². The maximum atomic E-state index is 7.72. The Hall–Kier alpha value is -1.14. The maximum absolute atomic E-state index is 7.72. The highest BCUT2D eigenvalue weighted by Gasteiger charge is 2.27. The molecule has 1 aliphatic heterocycles. The summed E-state index contributed by atoms with van der Waals surface area (Å²) >= 11 is 0. The smallest absolute Gasteiger partial charge is 0.168 e. The Balaban J connectivity index is 2.17. The fourth-order valence-corrected chi connectivity index (χ4v) is 1.56. The van der Waals surface area contributed by atoms with Gasteiger partial charge in [0.1, 0.15) is 11.9 Å². The molecule has 0 saturated carbocycles. The lowest BCUT2D eigenvalue weighted by atomic mass is 10.2. The Kier molecular flexibility index (Phi) is 4.70. The van der Waals surface area contributed by atoms with Crippen LogP contribution >= 0.6 is 0 Å². The topological polar surface area (TPSA) is 89.5 Å². The molecule has 0 aromatic carbocycles. The summed E-state index contributed by atoms with van der Waals surface area (Å²) in [7, 11) is 1.82. The van der Waals surface area contributed by atoms with Crippen LogP contribution < -0.4 is 16.4 Å². The van der Waals surface area contributed by atoms with E-state index < -0.39 is 0 Å². The lowest BCUT2D eigenvalue weighted by Crippen LogP contribution is -2.45. The second kappa shape index (κ2) is 5.81.